The number of piperidine rings is 1. The van der Waals surface area contributed by atoms with E-state index in [1.807, 2.05) is 13.8 Å². The van der Waals surface area contributed by atoms with Crippen LogP contribution in [0, 0.1) is 0 Å². The van der Waals surface area contributed by atoms with Crippen LogP contribution in [0.3, 0.4) is 0 Å². The minimum atomic E-state index is -0.439. The molecule has 0 saturated carbocycles. The number of carbonyl (C=O) groups is 1. The monoisotopic (exact) mass is 254 g/mol. The number of ether oxygens (including phenoxy) is 1. The Bertz CT molecular complexity index is 357. The van der Waals surface area contributed by atoms with Crippen LogP contribution in [0.4, 0.5) is 0 Å². The van der Waals surface area contributed by atoms with Gasteiger partial charge in [-0.25, -0.2) is 4.79 Å². The molecule has 102 valence electrons. The minimum Gasteiger partial charge on any atom is -0.363 e. The van der Waals surface area contributed by atoms with E-state index in [1.165, 1.54) is 0 Å². The van der Waals surface area contributed by atoms with Crippen LogP contribution < -0.4 is 5.32 Å². The van der Waals surface area contributed by atoms with Gasteiger partial charge < -0.3 is 14.9 Å². The second-order valence-electron chi connectivity index (χ2n) is 5.58. The van der Waals surface area contributed by atoms with Crippen LogP contribution in [0.5, 0.6) is 0 Å². The SMILES string of the molecule is CCC(=O)ON=C1CC2(CCNCC2)OC1(C)C. The van der Waals surface area contributed by atoms with Crippen molar-refractivity contribution in [2.24, 2.45) is 5.16 Å². The molecule has 0 aromatic rings. The molecule has 0 radical (unpaired) electrons. The van der Waals surface area contributed by atoms with E-state index in [4.69, 9.17) is 9.57 Å². The molecular weight excluding hydrogens is 232 g/mol. The molecule has 0 bridgehead atoms. The highest BCUT2D eigenvalue weighted by atomic mass is 16.7. The molecule has 0 atom stereocenters. The van der Waals surface area contributed by atoms with Crippen LogP contribution in [-0.4, -0.2) is 36.0 Å². The molecule has 2 saturated heterocycles. The maximum absolute atomic E-state index is 11.2. The molecule has 0 aromatic heterocycles. The van der Waals surface area contributed by atoms with Gasteiger partial charge in [-0.1, -0.05) is 12.1 Å². The van der Waals surface area contributed by atoms with Gasteiger partial charge in [0, 0.05) is 12.8 Å². The summed E-state index contributed by atoms with van der Waals surface area (Å²) in [5.41, 5.74) is 0.281. The minimum absolute atomic E-state index is 0.119. The summed E-state index contributed by atoms with van der Waals surface area (Å²) < 4.78 is 6.19. The Morgan fingerprint density at radius 2 is 2.11 bits per heavy atom. The fraction of sp³-hybridized carbons (Fsp3) is 0.846. The van der Waals surface area contributed by atoms with Crippen LogP contribution in [0.1, 0.15) is 46.5 Å². The Morgan fingerprint density at radius 1 is 1.44 bits per heavy atom. The van der Waals surface area contributed by atoms with Gasteiger partial charge in [-0.3, -0.25) is 0 Å². The van der Waals surface area contributed by atoms with Gasteiger partial charge in [0.2, 0.25) is 0 Å². The Labute approximate surface area is 108 Å². The fourth-order valence-electron chi connectivity index (χ4n) is 2.63. The average molecular weight is 254 g/mol. The van der Waals surface area contributed by atoms with Crippen molar-refractivity contribution in [3.05, 3.63) is 0 Å². The van der Waals surface area contributed by atoms with E-state index >= 15 is 0 Å². The number of nitrogens with one attached hydrogen (secondary N) is 1. The molecule has 5 nitrogen and oxygen atoms in total. The van der Waals surface area contributed by atoms with Gasteiger partial charge in [0.05, 0.1) is 11.3 Å². The first-order valence-electron chi connectivity index (χ1n) is 6.65. The summed E-state index contributed by atoms with van der Waals surface area (Å²) in [4.78, 5) is 16.1. The van der Waals surface area contributed by atoms with E-state index in [-0.39, 0.29) is 11.6 Å². The third kappa shape index (κ3) is 2.72. The maximum Gasteiger partial charge on any atom is 0.334 e. The molecule has 5 heteroatoms. The Hall–Kier alpha value is -0.940. The van der Waals surface area contributed by atoms with E-state index < -0.39 is 5.60 Å². The van der Waals surface area contributed by atoms with Crippen molar-refractivity contribution in [1.82, 2.24) is 5.32 Å². The van der Waals surface area contributed by atoms with Crippen molar-refractivity contribution in [2.45, 2.75) is 57.7 Å². The van der Waals surface area contributed by atoms with Crippen molar-refractivity contribution >= 4 is 11.7 Å². The van der Waals surface area contributed by atoms with Gasteiger partial charge in [0.15, 0.2) is 0 Å². The lowest BCUT2D eigenvalue weighted by molar-refractivity contribution is -0.143. The first kappa shape index (κ1) is 13.5. The Balaban J connectivity index is 2.09. The molecule has 1 spiro atoms. The third-order valence-corrected chi connectivity index (χ3v) is 3.72. The zero-order chi connectivity index (χ0) is 13.2. The van der Waals surface area contributed by atoms with Crippen molar-refractivity contribution in [2.75, 3.05) is 13.1 Å². The Kier molecular flexibility index (Phi) is 3.73. The van der Waals surface area contributed by atoms with Gasteiger partial charge in [-0.05, 0) is 39.8 Å². The van der Waals surface area contributed by atoms with E-state index in [0.717, 1.165) is 38.1 Å². The molecule has 1 N–H and O–H groups in total. The van der Waals surface area contributed by atoms with Gasteiger partial charge in [-0.15, -0.1) is 0 Å². The zero-order valence-corrected chi connectivity index (χ0v) is 11.4. The van der Waals surface area contributed by atoms with Crippen molar-refractivity contribution in [3.63, 3.8) is 0 Å². The van der Waals surface area contributed by atoms with E-state index in [1.54, 1.807) is 6.92 Å². The van der Waals surface area contributed by atoms with Gasteiger partial charge in [-0.2, -0.15) is 0 Å². The number of hydrogen-bond donors (Lipinski definition) is 1. The summed E-state index contributed by atoms with van der Waals surface area (Å²) in [7, 11) is 0. The predicted molar refractivity (Wildman–Crippen MR) is 68.4 cm³/mol. The molecule has 0 aliphatic carbocycles. The average Bonchev–Trinajstić information content (AvgIpc) is 2.57. The molecule has 18 heavy (non-hydrogen) atoms. The van der Waals surface area contributed by atoms with Crippen LogP contribution in [0.2, 0.25) is 0 Å². The molecule has 0 unspecified atom stereocenters. The number of rotatable bonds is 2. The van der Waals surface area contributed by atoms with E-state index in [0.29, 0.717) is 6.42 Å². The molecular formula is C13H22N2O3. The number of hydrogen-bond acceptors (Lipinski definition) is 5. The number of nitrogens with zero attached hydrogens (tertiary/aromatic N) is 1. The van der Waals surface area contributed by atoms with Crippen LogP contribution in [-0.2, 0) is 14.4 Å². The smallest absolute Gasteiger partial charge is 0.334 e. The van der Waals surface area contributed by atoms with Crippen molar-refractivity contribution in [1.29, 1.82) is 0 Å². The highest BCUT2D eigenvalue weighted by molar-refractivity contribution is 5.94. The number of carbonyl (C=O) groups excluding carboxylic acids is 1. The lowest BCUT2D eigenvalue weighted by Crippen LogP contribution is -2.43. The highest BCUT2D eigenvalue weighted by Crippen LogP contribution is 2.41. The summed E-state index contributed by atoms with van der Waals surface area (Å²) in [6, 6.07) is 0. The first-order valence-corrected chi connectivity index (χ1v) is 6.65. The largest absolute Gasteiger partial charge is 0.363 e. The maximum atomic E-state index is 11.2. The van der Waals surface area contributed by atoms with Gasteiger partial charge in [0.25, 0.3) is 0 Å². The predicted octanol–water partition coefficient (Wildman–Crippen LogP) is 1.62. The highest BCUT2D eigenvalue weighted by Gasteiger charge is 2.49. The van der Waals surface area contributed by atoms with Gasteiger partial charge >= 0.3 is 5.97 Å². The second kappa shape index (κ2) is 4.97. The van der Waals surface area contributed by atoms with Gasteiger partial charge in [0.1, 0.15) is 5.60 Å². The zero-order valence-electron chi connectivity index (χ0n) is 11.4. The van der Waals surface area contributed by atoms with Crippen LogP contribution in [0.15, 0.2) is 5.16 Å². The van der Waals surface area contributed by atoms with E-state index in [9.17, 15) is 4.79 Å². The van der Waals surface area contributed by atoms with Crippen LogP contribution >= 0.6 is 0 Å². The first-order chi connectivity index (χ1) is 8.47. The van der Waals surface area contributed by atoms with Crippen molar-refractivity contribution < 1.29 is 14.4 Å². The summed E-state index contributed by atoms with van der Waals surface area (Å²) in [5, 5.41) is 7.35. The standard InChI is InChI=1S/C13H22N2O3/c1-4-11(16)17-15-10-9-13(18-12(10,2)3)5-7-14-8-6-13/h14H,4-9H2,1-3H3. The molecule has 0 aromatic carbocycles. The quantitative estimate of drug-likeness (QED) is 0.601. The third-order valence-electron chi connectivity index (χ3n) is 3.72. The second-order valence-corrected chi connectivity index (χ2v) is 5.58. The topological polar surface area (TPSA) is 59.9 Å². The molecule has 2 aliphatic heterocycles. The number of oxime groups is 1. The molecule has 2 aliphatic rings. The summed E-state index contributed by atoms with van der Waals surface area (Å²) >= 11 is 0. The molecule has 2 rings (SSSR count). The summed E-state index contributed by atoms with van der Waals surface area (Å²) in [5.74, 6) is -0.301. The molecule has 0 amide bonds. The van der Waals surface area contributed by atoms with Crippen LogP contribution in [0.25, 0.3) is 0 Å². The normalized spacial score (nSPS) is 27.6. The summed E-state index contributed by atoms with van der Waals surface area (Å²) in [6.45, 7) is 7.67. The fourth-order valence-corrected chi connectivity index (χ4v) is 2.63. The van der Waals surface area contributed by atoms with E-state index in [2.05, 4.69) is 10.5 Å². The van der Waals surface area contributed by atoms with Crippen molar-refractivity contribution in [3.8, 4) is 0 Å². The molecule has 2 fully saturated rings. The Morgan fingerprint density at radius 3 is 2.72 bits per heavy atom. The molecule has 2 heterocycles. The lowest BCUT2D eigenvalue weighted by atomic mass is 9.88. The lowest BCUT2D eigenvalue weighted by Gasteiger charge is -2.34. The summed E-state index contributed by atoms with van der Waals surface area (Å²) in [6.07, 6.45) is 3.07.